The van der Waals surface area contributed by atoms with Gasteiger partial charge in [0.25, 0.3) is 0 Å². The highest BCUT2D eigenvalue weighted by Gasteiger charge is 2.00. The quantitative estimate of drug-likeness (QED) is 0.859. The van der Waals surface area contributed by atoms with E-state index in [1.165, 1.54) is 11.6 Å². The third kappa shape index (κ3) is 2.74. The first kappa shape index (κ1) is 11.9. The van der Waals surface area contributed by atoms with Gasteiger partial charge in [-0.05, 0) is 24.1 Å². The molecule has 2 rings (SSSR count). The highest BCUT2D eigenvalue weighted by Crippen LogP contribution is 2.14. The average molecular weight is 240 g/mol. The fraction of sp³-hybridized carbons (Fsp3) is 0.154. The van der Waals surface area contributed by atoms with Crippen LogP contribution in [0, 0.1) is 11.3 Å². The second-order valence-corrected chi connectivity index (χ2v) is 3.77. The van der Waals surface area contributed by atoms with E-state index in [4.69, 9.17) is 5.26 Å². The molecule has 0 bridgehead atoms. The topological polar surface area (TPSA) is 81.6 Å². The molecule has 0 saturated heterocycles. The van der Waals surface area contributed by atoms with Gasteiger partial charge in [0, 0.05) is 11.8 Å². The largest absolute Gasteiger partial charge is 0.347 e. The standard InChI is InChI=1S/C13H12N4O/c1-2-9-3-5-10(6-4-9)15-12-7-11(8-14)16-13(18)17-12/h3-7H,2H2,1H3,(H2,15,16,17,18). The summed E-state index contributed by atoms with van der Waals surface area (Å²) in [5.74, 6) is 0.361. The Kier molecular flexibility index (Phi) is 3.39. The second kappa shape index (κ2) is 5.15. The van der Waals surface area contributed by atoms with Crippen molar-refractivity contribution in [1.29, 1.82) is 5.26 Å². The van der Waals surface area contributed by atoms with E-state index in [-0.39, 0.29) is 5.69 Å². The Bertz CT molecular complexity index is 637. The van der Waals surface area contributed by atoms with Crippen molar-refractivity contribution in [2.45, 2.75) is 13.3 Å². The van der Waals surface area contributed by atoms with Crippen LogP contribution < -0.4 is 11.0 Å². The number of aromatic nitrogens is 2. The monoisotopic (exact) mass is 240 g/mol. The van der Waals surface area contributed by atoms with Crippen LogP contribution in [-0.2, 0) is 6.42 Å². The average Bonchev–Trinajstić information content (AvgIpc) is 2.39. The van der Waals surface area contributed by atoms with Crippen LogP contribution in [0.5, 0.6) is 0 Å². The van der Waals surface area contributed by atoms with Gasteiger partial charge in [0.2, 0.25) is 0 Å². The molecule has 0 aliphatic rings. The Balaban J connectivity index is 2.25. The lowest BCUT2D eigenvalue weighted by Gasteiger charge is -2.05. The Labute approximate surface area is 104 Å². The van der Waals surface area contributed by atoms with Crippen LogP contribution in [0.4, 0.5) is 11.5 Å². The molecule has 0 unspecified atom stereocenters. The van der Waals surface area contributed by atoms with E-state index in [9.17, 15) is 4.79 Å². The van der Waals surface area contributed by atoms with Crippen LogP contribution in [0.15, 0.2) is 35.1 Å². The molecule has 2 aromatic rings. The number of aryl methyl sites for hydroxylation is 1. The van der Waals surface area contributed by atoms with Crippen molar-refractivity contribution in [3.05, 3.63) is 52.1 Å². The minimum atomic E-state index is -0.540. The van der Waals surface area contributed by atoms with Gasteiger partial charge in [-0.2, -0.15) is 10.2 Å². The summed E-state index contributed by atoms with van der Waals surface area (Å²) < 4.78 is 0. The molecule has 1 aromatic carbocycles. The van der Waals surface area contributed by atoms with E-state index in [1.54, 1.807) is 0 Å². The molecule has 5 heteroatoms. The van der Waals surface area contributed by atoms with Crippen LogP contribution in [0.25, 0.3) is 0 Å². The van der Waals surface area contributed by atoms with Crippen molar-refractivity contribution in [3.8, 4) is 6.07 Å². The molecular formula is C13H12N4O. The number of hydrogen-bond donors (Lipinski definition) is 2. The minimum absolute atomic E-state index is 0.183. The van der Waals surface area contributed by atoms with Crippen LogP contribution in [0.3, 0.4) is 0 Å². The van der Waals surface area contributed by atoms with E-state index in [1.807, 2.05) is 30.3 Å². The predicted molar refractivity (Wildman–Crippen MR) is 68.7 cm³/mol. The number of nitriles is 1. The first-order chi connectivity index (χ1) is 8.71. The summed E-state index contributed by atoms with van der Waals surface area (Å²) in [4.78, 5) is 17.3. The van der Waals surface area contributed by atoms with E-state index in [2.05, 4.69) is 22.2 Å². The lowest BCUT2D eigenvalue weighted by atomic mass is 10.1. The summed E-state index contributed by atoms with van der Waals surface area (Å²) in [7, 11) is 0. The van der Waals surface area contributed by atoms with Crippen LogP contribution in [0.2, 0.25) is 0 Å². The molecule has 0 atom stereocenters. The van der Waals surface area contributed by atoms with Crippen molar-refractivity contribution in [2.24, 2.45) is 0 Å². The Morgan fingerprint density at radius 3 is 2.72 bits per heavy atom. The van der Waals surface area contributed by atoms with Gasteiger partial charge in [0.05, 0.1) is 0 Å². The van der Waals surface area contributed by atoms with Gasteiger partial charge in [0.1, 0.15) is 17.6 Å². The number of rotatable bonds is 3. The highest BCUT2D eigenvalue weighted by atomic mass is 16.1. The molecule has 0 aliphatic carbocycles. The number of nitrogens with zero attached hydrogens (tertiary/aromatic N) is 2. The summed E-state index contributed by atoms with van der Waals surface area (Å²) in [5, 5.41) is 11.7. The molecule has 0 amide bonds. The number of nitrogens with one attached hydrogen (secondary N) is 2. The predicted octanol–water partition coefficient (Wildman–Crippen LogP) is 1.95. The fourth-order valence-corrected chi connectivity index (χ4v) is 1.55. The normalized spacial score (nSPS) is 9.78. The zero-order valence-corrected chi connectivity index (χ0v) is 9.90. The number of anilines is 2. The minimum Gasteiger partial charge on any atom is -0.340 e. The molecule has 0 aliphatic heterocycles. The highest BCUT2D eigenvalue weighted by molar-refractivity contribution is 5.57. The summed E-state index contributed by atoms with van der Waals surface area (Å²) in [6.45, 7) is 2.08. The lowest BCUT2D eigenvalue weighted by Crippen LogP contribution is -2.13. The van der Waals surface area contributed by atoms with Crippen molar-refractivity contribution in [3.63, 3.8) is 0 Å². The third-order valence-electron chi connectivity index (χ3n) is 2.50. The van der Waals surface area contributed by atoms with Crippen molar-refractivity contribution < 1.29 is 0 Å². The van der Waals surface area contributed by atoms with Crippen molar-refractivity contribution in [1.82, 2.24) is 9.97 Å². The molecule has 0 saturated carbocycles. The maximum atomic E-state index is 11.2. The van der Waals surface area contributed by atoms with Gasteiger partial charge in [-0.15, -0.1) is 0 Å². The number of aromatic amines is 1. The summed E-state index contributed by atoms with van der Waals surface area (Å²) in [6.07, 6.45) is 0.974. The molecule has 90 valence electrons. The Hall–Kier alpha value is -2.61. The van der Waals surface area contributed by atoms with E-state index in [0.717, 1.165) is 12.1 Å². The second-order valence-electron chi connectivity index (χ2n) is 3.77. The van der Waals surface area contributed by atoms with E-state index < -0.39 is 5.69 Å². The van der Waals surface area contributed by atoms with Gasteiger partial charge in [-0.3, -0.25) is 4.98 Å². The van der Waals surface area contributed by atoms with Crippen LogP contribution in [0.1, 0.15) is 18.2 Å². The molecule has 0 fully saturated rings. The molecular weight excluding hydrogens is 228 g/mol. The fourth-order valence-electron chi connectivity index (χ4n) is 1.55. The molecule has 0 spiro atoms. The zero-order valence-electron chi connectivity index (χ0n) is 9.90. The molecule has 0 radical (unpaired) electrons. The summed E-state index contributed by atoms with van der Waals surface area (Å²) in [5.41, 5.74) is 1.70. The van der Waals surface area contributed by atoms with Gasteiger partial charge in [-0.25, -0.2) is 4.79 Å². The van der Waals surface area contributed by atoms with Gasteiger partial charge < -0.3 is 5.32 Å². The number of hydrogen-bond acceptors (Lipinski definition) is 4. The van der Waals surface area contributed by atoms with Crippen LogP contribution >= 0.6 is 0 Å². The molecule has 1 heterocycles. The van der Waals surface area contributed by atoms with E-state index >= 15 is 0 Å². The number of benzene rings is 1. The maximum Gasteiger partial charge on any atom is 0.347 e. The maximum absolute atomic E-state index is 11.2. The zero-order chi connectivity index (χ0) is 13.0. The smallest absolute Gasteiger partial charge is 0.340 e. The molecule has 1 aromatic heterocycles. The Morgan fingerprint density at radius 1 is 1.39 bits per heavy atom. The number of H-pyrrole nitrogens is 1. The first-order valence-electron chi connectivity index (χ1n) is 5.58. The Morgan fingerprint density at radius 2 is 2.11 bits per heavy atom. The third-order valence-corrected chi connectivity index (χ3v) is 2.50. The van der Waals surface area contributed by atoms with Crippen molar-refractivity contribution in [2.75, 3.05) is 5.32 Å². The first-order valence-corrected chi connectivity index (χ1v) is 5.58. The SMILES string of the molecule is CCc1ccc(Nc2cc(C#N)[nH]c(=O)n2)cc1. The van der Waals surface area contributed by atoms with Crippen LogP contribution in [-0.4, -0.2) is 9.97 Å². The van der Waals surface area contributed by atoms with E-state index in [0.29, 0.717) is 5.82 Å². The van der Waals surface area contributed by atoms with Gasteiger partial charge >= 0.3 is 5.69 Å². The molecule has 18 heavy (non-hydrogen) atoms. The lowest BCUT2D eigenvalue weighted by molar-refractivity contribution is 1.06. The summed E-state index contributed by atoms with van der Waals surface area (Å²) >= 11 is 0. The van der Waals surface area contributed by atoms with Crippen molar-refractivity contribution >= 4 is 11.5 Å². The summed E-state index contributed by atoms with van der Waals surface area (Å²) in [6, 6.07) is 11.2. The molecule has 2 N–H and O–H groups in total. The van der Waals surface area contributed by atoms with Gasteiger partial charge in [0.15, 0.2) is 0 Å². The van der Waals surface area contributed by atoms with Gasteiger partial charge in [-0.1, -0.05) is 19.1 Å². The molecule has 5 nitrogen and oxygen atoms in total.